The smallest absolute Gasteiger partial charge is 0.156 e. The van der Waals surface area contributed by atoms with Crippen LogP contribution in [0.15, 0.2) is 123 Å². The van der Waals surface area contributed by atoms with Crippen molar-refractivity contribution in [2.45, 2.75) is 81.1 Å². The SMILES string of the molecule is C/C=C(\C(C1=CCC=CC=C1)=C(/C)C(C)=O)c1cccc(Br)c1.CC.CCCNCC(C)Cc1ccccc1.CCc1cscn1. The molecule has 1 heterocycles. The Labute approximate surface area is 292 Å². The van der Waals surface area contributed by atoms with E-state index >= 15 is 0 Å². The van der Waals surface area contributed by atoms with E-state index in [-0.39, 0.29) is 5.78 Å². The normalized spacial score (nSPS) is 13.3. The Kier molecular flexibility index (Phi) is 22.3. The summed E-state index contributed by atoms with van der Waals surface area (Å²) in [5.41, 5.74) is 9.58. The second-order valence-corrected chi connectivity index (χ2v) is 12.4. The van der Waals surface area contributed by atoms with Gasteiger partial charge in [-0.25, -0.2) is 4.98 Å². The molecule has 1 unspecified atom stereocenters. The van der Waals surface area contributed by atoms with Gasteiger partial charge in [0.15, 0.2) is 5.78 Å². The number of halogens is 1. The number of hydrogen-bond acceptors (Lipinski definition) is 4. The third-order valence-electron chi connectivity index (χ3n) is 7.07. The Morgan fingerprint density at radius 3 is 2.37 bits per heavy atom. The molecule has 1 N–H and O–H groups in total. The van der Waals surface area contributed by atoms with E-state index in [4.69, 9.17) is 0 Å². The first-order valence-electron chi connectivity index (χ1n) is 16.6. The number of nitrogens with one attached hydrogen (secondary N) is 1. The van der Waals surface area contributed by atoms with Crippen molar-refractivity contribution < 1.29 is 4.79 Å². The summed E-state index contributed by atoms with van der Waals surface area (Å²) in [5.74, 6) is 0.824. The largest absolute Gasteiger partial charge is 0.316 e. The van der Waals surface area contributed by atoms with E-state index in [2.05, 4.69) is 119 Å². The molecule has 5 heteroatoms. The van der Waals surface area contributed by atoms with Crippen LogP contribution in [-0.2, 0) is 17.6 Å². The van der Waals surface area contributed by atoms with Crippen molar-refractivity contribution in [3.63, 3.8) is 0 Å². The first kappa shape index (κ1) is 40.9. The molecule has 0 aliphatic heterocycles. The average molecular weight is 704 g/mol. The minimum atomic E-state index is 0.0980. The van der Waals surface area contributed by atoms with Crippen molar-refractivity contribution in [1.29, 1.82) is 0 Å². The quantitative estimate of drug-likeness (QED) is 0.123. The van der Waals surface area contributed by atoms with E-state index in [0.717, 1.165) is 64.2 Å². The van der Waals surface area contributed by atoms with Crippen molar-refractivity contribution >= 4 is 38.6 Å². The Hall–Kier alpha value is -3.12. The number of aromatic nitrogens is 1. The Bertz CT molecular complexity index is 1420. The zero-order valence-corrected chi connectivity index (χ0v) is 31.7. The van der Waals surface area contributed by atoms with Gasteiger partial charge >= 0.3 is 0 Å². The van der Waals surface area contributed by atoms with E-state index in [0.29, 0.717) is 0 Å². The minimum absolute atomic E-state index is 0.0980. The van der Waals surface area contributed by atoms with Gasteiger partial charge in [-0.3, -0.25) is 4.79 Å². The highest BCUT2D eigenvalue weighted by Crippen LogP contribution is 2.34. The van der Waals surface area contributed by atoms with Crippen LogP contribution in [0.5, 0.6) is 0 Å². The highest BCUT2D eigenvalue weighted by Gasteiger charge is 2.16. The number of aryl methyl sites for hydroxylation is 1. The minimum Gasteiger partial charge on any atom is -0.316 e. The van der Waals surface area contributed by atoms with Gasteiger partial charge in [0.25, 0.3) is 0 Å². The number of hydrogen-bond donors (Lipinski definition) is 1. The lowest BCUT2D eigenvalue weighted by Gasteiger charge is -2.17. The van der Waals surface area contributed by atoms with Crippen LogP contribution in [0.4, 0.5) is 0 Å². The molecule has 46 heavy (non-hydrogen) atoms. The van der Waals surface area contributed by atoms with E-state index in [9.17, 15) is 4.79 Å². The van der Waals surface area contributed by atoms with Crippen molar-refractivity contribution in [3.05, 3.63) is 140 Å². The number of nitrogens with zero attached hydrogens (tertiary/aromatic N) is 1. The van der Waals surface area contributed by atoms with Gasteiger partial charge in [-0.15, -0.1) is 11.3 Å². The van der Waals surface area contributed by atoms with Crippen LogP contribution in [-0.4, -0.2) is 23.9 Å². The van der Waals surface area contributed by atoms with Gasteiger partial charge < -0.3 is 5.32 Å². The summed E-state index contributed by atoms with van der Waals surface area (Å²) < 4.78 is 1.03. The number of rotatable bonds is 11. The molecule has 248 valence electrons. The molecule has 3 aromatic rings. The number of ketones is 1. The maximum Gasteiger partial charge on any atom is 0.156 e. The molecular formula is C41H55BrN2OS. The van der Waals surface area contributed by atoms with Crippen LogP contribution in [0.1, 0.15) is 85.1 Å². The number of thiazole rings is 1. The van der Waals surface area contributed by atoms with Crippen LogP contribution in [0.2, 0.25) is 0 Å². The summed E-state index contributed by atoms with van der Waals surface area (Å²) in [7, 11) is 0. The molecule has 0 fully saturated rings. The monoisotopic (exact) mass is 702 g/mol. The number of allylic oxidation sites excluding steroid dienone is 10. The molecular weight excluding hydrogens is 648 g/mol. The fourth-order valence-corrected chi connectivity index (χ4v) is 5.69. The number of carbonyl (C=O) groups is 1. The molecule has 1 aliphatic rings. The summed E-state index contributed by atoms with van der Waals surface area (Å²) in [6.07, 6.45) is 16.8. The third-order valence-corrected chi connectivity index (χ3v) is 8.20. The van der Waals surface area contributed by atoms with Gasteiger partial charge in [-0.1, -0.05) is 129 Å². The van der Waals surface area contributed by atoms with Gasteiger partial charge in [-0.05, 0) is 105 Å². The average Bonchev–Trinajstić information content (AvgIpc) is 3.47. The topological polar surface area (TPSA) is 42.0 Å². The molecule has 1 aliphatic carbocycles. The lowest BCUT2D eigenvalue weighted by Crippen LogP contribution is -2.23. The van der Waals surface area contributed by atoms with Gasteiger partial charge in [-0.2, -0.15) is 0 Å². The fourth-order valence-electron chi connectivity index (χ4n) is 4.65. The Balaban J connectivity index is 0.000000387. The Morgan fingerprint density at radius 2 is 1.80 bits per heavy atom. The van der Waals surface area contributed by atoms with Crippen LogP contribution in [0.3, 0.4) is 0 Å². The van der Waals surface area contributed by atoms with Crippen LogP contribution < -0.4 is 5.32 Å². The van der Waals surface area contributed by atoms with Crippen molar-refractivity contribution in [2.75, 3.05) is 13.1 Å². The number of Topliss-reactive ketones (excluding diaryl/α,β-unsaturated/α-hetero) is 1. The van der Waals surface area contributed by atoms with Crippen LogP contribution in [0, 0.1) is 5.92 Å². The van der Waals surface area contributed by atoms with E-state index in [1.54, 1.807) is 18.3 Å². The van der Waals surface area contributed by atoms with Gasteiger partial charge in [0.2, 0.25) is 0 Å². The standard InChI is InChI=1S/C21H21BrO.C13H21N.C5H7NS.C2H6/c1-4-20(18-12-9-13-19(22)14-18)21(15(2)16(3)23)17-10-7-5-6-8-11-17;1-3-9-14-11-12(2)10-13-7-5-4-6-8-13;1-2-5-3-7-4-6-5;1-2/h4-7,9-14H,8H2,1-3H3;4-8,12,14H,3,9-11H2,1-2H3;3-4H,2H2,1H3;1-2H3/b20-4-,21-15+;;;. The molecule has 1 aromatic heterocycles. The first-order chi connectivity index (χ1) is 22.3. The first-order valence-corrected chi connectivity index (χ1v) is 18.3. The molecule has 2 aromatic carbocycles. The second kappa shape index (κ2) is 25.0. The molecule has 0 spiro atoms. The third kappa shape index (κ3) is 15.9. The highest BCUT2D eigenvalue weighted by molar-refractivity contribution is 9.10. The van der Waals surface area contributed by atoms with E-state index in [1.165, 1.54) is 24.1 Å². The predicted molar refractivity (Wildman–Crippen MR) is 207 cm³/mol. The molecule has 0 bridgehead atoms. The molecule has 1 atom stereocenters. The zero-order valence-electron chi connectivity index (χ0n) is 29.3. The summed E-state index contributed by atoms with van der Waals surface area (Å²) in [6.45, 7) is 18.4. The van der Waals surface area contributed by atoms with Gasteiger partial charge in [0.05, 0.1) is 11.2 Å². The molecule has 0 saturated heterocycles. The maximum absolute atomic E-state index is 12.1. The van der Waals surface area contributed by atoms with Gasteiger partial charge in [0.1, 0.15) is 0 Å². The highest BCUT2D eigenvalue weighted by atomic mass is 79.9. The number of carbonyl (C=O) groups excluding carboxylic acids is 1. The van der Waals surface area contributed by atoms with Crippen LogP contribution >= 0.6 is 27.3 Å². The van der Waals surface area contributed by atoms with E-state index < -0.39 is 0 Å². The molecule has 3 nitrogen and oxygen atoms in total. The zero-order chi connectivity index (χ0) is 34.2. The molecule has 0 saturated carbocycles. The van der Waals surface area contributed by atoms with Crippen molar-refractivity contribution in [1.82, 2.24) is 10.3 Å². The molecule has 4 rings (SSSR count). The summed E-state index contributed by atoms with van der Waals surface area (Å²) in [6, 6.07) is 18.9. The van der Waals surface area contributed by atoms with E-state index in [1.807, 2.05) is 57.5 Å². The molecule has 0 amide bonds. The Morgan fingerprint density at radius 1 is 1.07 bits per heavy atom. The maximum atomic E-state index is 12.1. The fraction of sp³-hybridized carbons (Fsp3) is 0.366. The lowest BCUT2D eigenvalue weighted by molar-refractivity contribution is -0.113. The summed E-state index contributed by atoms with van der Waals surface area (Å²) in [4.78, 5) is 16.1. The summed E-state index contributed by atoms with van der Waals surface area (Å²) in [5, 5.41) is 5.52. The van der Waals surface area contributed by atoms with Crippen LogP contribution in [0.25, 0.3) is 5.57 Å². The van der Waals surface area contributed by atoms with Crippen molar-refractivity contribution in [2.24, 2.45) is 5.92 Å². The molecule has 0 radical (unpaired) electrons. The number of benzene rings is 2. The second-order valence-electron chi connectivity index (χ2n) is 10.8. The summed E-state index contributed by atoms with van der Waals surface area (Å²) >= 11 is 5.19. The van der Waals surface area contributed by atoms with Gasteiger partial charge in [0, 0.05) is 15.4 Å². The van der Waals surface area contributed by atoms with Crippen molar-refractivity contribution in [3.8, 4) is 0 Å². The predicted octanol–water partition coefficient (Wildman–Crippen LogP) is 11.8. The lowest BCUT2D eigenvalue weighted by atomic mass is 9.87.